The summed E-state index contributed by atoms with van der Waals surface area (Å²) in [7, 11) is -3.65. The van der Waals surface area contributed by atoms with Gasteiger partial charge in [-0.15, -0.1) is 0 Å². The van der Waals surface area contributed by atoms with Crippen molar-refractivity contribution in [3.05, 3.63) is 0 Å². The van der Waals surface area contributed by atoms with Crippen LogP contribution in [0.15, 0.2) is 0 Å². The van der Waals surface area contributed by atoms with Gasteiger partial charge in [0.2, 0.25) is 10.0 Å². The van der Waals surface area contributed by atoms with Crippen LogP contribution in [0.5, 0.6) is 0 Å². The fraction of sp³-hybridized carbons (Fsp3) is 0.900. The highest BCUT2D eigenvalue weighted by atomic mass is 32.2. The van der Waals surface area contributed by atoms with Crippen LogP contribution in [0.1, 0.15) is 27.2 Å². The Bertz CT molecular complexity index is 378. The van der Waals surface area contributed by atoms with E-state index in [0.29, 0.717) is 13.0 Å². The van der Waals surface area contributed by atoms with Gasteiger partial charge in [0, 0.05) is 6.61 Å². The van der Waals surface area contributed by atoms with Gasteiger partial charge in [0.1, 0.15) is 11.3 Å². The number of ether oxygens (including phenoxy) is 1. The van der Waals surface area contributed by atoms with Gasteiger partial charge in [0.15, 0.2) is 0 Å². The molecule has 0 aliphatic carbocycles. The number of carbonyl (C=O) groups is 1. The molecule has 0 aromatic rings. The number of rotatable bonds is 5. The molecule has 1 aliphatic heterocycles. The third-order valence-electron chi connectivity index (χ3n) is 2.93. The Balaban J connectivity index is 2.81. The van der Waals surface area contributed by atoms with E-state index < -0.39 is 33.4 Å². The summed E-state index contributed by atoms with van der Waals surface area (Å²) in [6.07, 6.45) is 0.00936. The summed E-state index contributed by atoms with van der Waals surface area (Å²) < 4.78 is 31.5. The average Bonchev–Trinajstić information content (AvgIpc) is 2.60. The second-order valence-corrected chi connectivity index (χ2v) is 6.56. The van der Waals surface area contributed by atoms with Crippen molar-refractivity contribution < 1.29 is 23.1 Å². The molecule has 0 aromatic carbocycles. The van der Waals surface area contributed by atoms with Crippen molar-refractivity contribution in [2.75, 3.05) is 6.61 Å². The van der Waals surface area contributed by atoms with E-state index in [1.54, 1.807) is 20.8 Å². The lowest BCUT2D eigenvalue weighted by atomic mass is 10.1. The van der Waals surface area contributed by atoms with E-state index in [1.165, 1.54) is 0 Å². The number of nitrogens with one attached hydrogen (secondary N) is 1. The van der Waals surface area contributed by atoms with Gasteiger partial charge in [-0.1, -0.05) is 13.8 Å². The second kappa shape index (κ2) is 5.32. The topological polar surface area (TPSA) is 92.7 Å². The molecule has 0 saturated carbocycles. The van der Waals surface area contributed by atoms with Crippen molar-refractivity contribution in [1.82, 2.24) is 4.72 Å². The first-order chi connectivity index (χ1) is 7.75. The van der Waals surface area contributed by atoms with Crippen LogP contribution in [0.25, 0.3) is 0 Å². The molecule has 3 unspecified atom stereocenters. The van der Waals surface area contributed by atoms with Crippen molar-refractivity contribution in [1.29, 1.82) is 0 Å². The summed E-state index contributed by atoms with van der Waals surface area (Å²) in [4.78, 5) is 11.0. The maximum absolute atomic E-state index is 12.0. The number of carboxylic acid groups (broad SMARTS) is 1. The molecule has 3 atom stereocenters. The summed E-state index contributed by atoms with van der Waals surface area (Å²) in [5.74, 6) is -1.46. The lowest BCUT2D eigenvalue weighted by molar-refractivity contribution is -0.140. The summed E-state index contributed by atoms with van der Waals surface area (Å²) in [5, 5.41) is 8.29. The average molecular weight is 265 g/mol. The van der Waals surface area contributed by atoms with Gasteiger partial charge in [-0.3, -0.25) is 4.79 Å². The van der Waals surface area contributed by atoms with Crippen LogP contribution in [0.4, 0.5) is 0 Å². The predicted molar refractivity (Wildman–Crippen MR) is 62.1 cm³/mol. The molecule has 1 fully saturated rings. The smallest absolute Gasteiger partial charge is 0.321 e. The van der Waals surface area contributed by atoms with Gasteiger partial charge in [-0.2, -0.15) is 0 Å². The zero-order valence-corrected chi connectivity index (χ0v) is 11.0. The molecule has 0 radical (unpaired) electrons. The molecular formula is C10H19NO5S. The highest BCUT2D eigenvalue weighted by Gasteiger charge is 2.38. The van der Waals surface area contributed by atoms with Crippen LogP contribution >= 0.6 is 0 Å². The molecule has 17 heavy (non-hydrogen) atoms. The van der Waals surface area contributed by atoms with Gasteiger partial charge in [-0.05, 0) is 19.3 Å². The van der Waals surface area contributed by atoms with Crippen molar-refractivity contribution in [2.24, 2.45) is 5.92 Å². The molecular weight excluding hydrogens is 246 g/mol. The largest absolute Gasteiger partial charge is 0.480 e. The van der Waals surface area contributed by atoms with E-state index in [0.717, 1.165) is 0 Å². The van der Waals surface area contributed by atoms with Crippen molar-refractivity contribution in [2.45, 2.75) is 44.6 Å². The van der Waals surface area contributed by atoms with Crippen molar-refractivity contribution in [3.63, 3.8) is 0 Å². The number of hydrogen-bond donors (Lipinski definition) is 2. The van der Waals surface area contributed by atoms with Gasteiger partial charge in [-0.25, -0.2) is 13.1 Å². The Morgan fingerprint density at radius 1 is 1.47 bits per heavy atom. The highest BCUT2D eigenvalue weighted by Crippen LogP contribution is 2.21. The van der Waals surface area contributed by atoms with Gasteiger partial charge in [0.05, 0.1) is 6.10 Å². The molecule has 0 amide bonds. The number of hydrogen-bond acceptors (Lipinski definition) is 4. The summed E-state index contributed by atoms with van der Waals surface area (Å²) in [6.45, 7) is 5.40. The van der Waals surface area contributed by atoms with E-state index in [4.69, 9.17) is 9.84 Å². The normalized spacial score (nSPS) is 27.3. The van der Waals surface area contributed by atoms with Crippen LogP contribution < -0.4 is 4.72 Å². The van der Waals surface area contributed by atoms with E-state index in [1.807, 2.05) is 0 Å². The van der Waals surface area contributed by atoms with Crippen LogP contribution in [-0.2, 0) is 19.6 Å². The number of aliphatic carboxylic acids is 1. The molecule has 1 aliphatic rings. The van der Waals surface area contributed by atoms with Gasteiger partial charge >= 0.3 is 5.97 Å². The predicted octanol–water partition coefficient (Wildman–Crippen LogP) is 0.192. The lowest BCUT2D eigenvalue weighted by Crippen LogP contribution is -2.49. The maximum Gasteiger partial charge on any atom is 0.321 e. The summed E-state index contributed by atoms with van der Waals surface area (Å²) >= 11 is 0. The molecule has 0 bridgehead atoms. The lowest BCUT2D eigenvalue weighted by Gasteiger charge is -2.22. The second-order valence-electron chi connectivity index (χ2n) is 4.63. The Morgan fingerprint density at radius 2 is 2.06 bits per heavy atom. The van der Waals surface area contributed by atoms with E-state index in [-0.39, 0.29) is 5.92 Å². The SMILES string of the molecule is CC(C)C(NS(=O)(=O)C1CCOC1C)C(=O)O. The van der Waals surface area contributed by atoms with Gasteiger partial charge < -0.3 is 9.84 Å². The molecule has 1 rings (SSSR count). The molecule has 0 aromatic heterocycles. The van der Waals surface area contributed by atoms with E-state index >= 15 is 0 Å². The third-order valence-corrected chi connectivity index (χ3v) is 4.93. The first kappa shape index (κ1) is 14.4. The number of sulfonamides is 1. The zero-order chi connectivity index (χ0) is 13.2. The molecule has 0 spiro atoms. The zero-order valence-electron chi connectivity index (χ0n) is 10.2. The Hall–Kier alpha value is -0.660. The molecule has 6 nitrogen and oxygen atoms in total. The van der Waals surface area contributed by atoms with E-state index in [2.05, 4.69) is 4.72 Å². The molecule has 1 saturated heterocycles. The minimum absolute atomic E-state index is 0.306. The minimum atomic E-state index is -3.65. The van der Waals surface area contributed by atoms with E-state index in [9.17, 15) is 13.2 Å². The fourth-order valence-corrected chi connectivity index (χ4v) is 3.75. The first-order valence-electron chi connectivity index (χ1n) is 5.61. The summed E-state index contributed by atoms with van der Waals surface area (Å²) in [5.41, 5.74) is 0. The Morgan fingerprint density at radius 3 is 2.41 bits per heavy atom. The maximum atomic E-state index is 12.0. The number of carboxylic acids is 1. The fourth-order valence-electron chi connectivity index (χ4n) is 1.86. The highest BCUT2D eigenvalue weighted by molar-refractivity contribution is 7.90. The molecule has 100 valence electrons. The van der Waals surface area contributed by atoms with Crippen LogP contribution in [0.3, 0.4) is 0 Å². The Kier molecular flexibility index (Phi) is 4.51. The van der Waals surface area contributed by atoms with Crippen molar-refractivity contribution >= 4 is 16.0 Å². The standard InChI is InChI=1S/C10H19NO5S/c1-6(2)9(10(12)13)11-17(14,15)8-4-5-16-7(8)3/h6-9,11H,4-5H2,1-3H3,(H,12,13). The van der Waals surface area contributed by atoms with Gasteiger partial charge in [0.25, 0.3) is 0 Å². The monoisotopic (exact) mass is 265 g/mol. The quantitative estimate of drug-likeness (QED) is 0.740. The summed E-state index contributed by atoms with van der Waals surface area (Å²) in [6, 6.07) is -1.09. The minimum Gasteiger partial charge on any atom is -0.480 e. The molecule has 7 heteroatoms. The molecule has 2 N–H and O–H groups in total. The van der Waals surface area contributed by atoms with Crippen molar-refractivity contribution in [3.8, 4) is 0 Å². The Labute approximate surface area is 101 Å². The van der Waals surface area contributed by atoms with Crippen LogP contribution in [0.2, 0.25) is 0 Å². The van der Waals surface area contributed by atoms with Crippen LogP contribution in [0, 0.1) is 5.92 Å². The van der Waals surface area contributed by atoms with Crippen LogP contribution in [-0.4, -0.2) is 43.5 Å². The molecule has 1 heterocycles. The third kappa shape index (κ3) is 3.40. The first-order valence-corrected chi connectivity index (χ1v) is 7.16.